The summed E-state index contributed by atoms with van der Waals surface area (Å²) in [5.41, 5.74) is 0.845. The van der Waals surface area contributed by atoms with E-state index < -0.39 is 34.1 Å². The summed E-state index contributed by atoms with van der Waals surface area (Å²) >= 11 is 0. The van der Waals surface area contributed by atoms with E-state index in [0.717, 1.165) is 29.2 Å². The number of aliphatic hydroxyl groups is 1. The van der Waals surface area contributed by atoms with Crippen LogP contribution >= 0.6 is 0 Å². The maximum absolute atomic E-state index is 14.1. The molecule has 2 bridgehead atoms. The van der Waals surface area contributed by atoms with Gasteiger partial charge in [-0.1, -0.05) is 70.2 Å². The standard InChI is InChI=1S/C36H49N3O6S/c1-25(2)19-20-39(46(43,44)31-18-15-28-10-7-8-11-29(28)23-31)24-33(40)32-22-27-13-16-30(17-14-27)45-21-9-5-6-12-34(41)38-35(26(3)4)36(42)37-32/h7-8,10-11,13-18,23,25-26,32-33,35,40H,5-6,9,12,19-22,24H2,1-4H3,(H,37,42)(H,38,41)/t32-,33+,35-/m0/s1. The largest absolute Gasteiger partial charge is 0.494 e. The molecule has 0 saturated carbocycles. The highest BCUT2D eigenvalue weighted by molar-refractivity contribution is 7.89. The Bertz CT molecular complexity index is 1560. The molecule has 0 aromatic heterocycles. The lowest BCUT2D eigenvalue weighted by atomic mass is 9.98. The fraction of sp³-hybridized carbons (Fsp3) is 0.500. The van der Waals surface area contributed by atoms with E-state index >= 15 is 0 Å². The average Bonchev–Trinajstić information content (AvgIpc) is 3.03. The van der Waals surface area contributed by atoms with Crippen LogP contribution in [0.3, 0.4) is 0 Å². The van der Waals surface area contributed by atoms with E-state index in [9.17, 15) is 23.1 Å². The summed E-state index contributed by atoms with van der Waals surface area (Å²) in [5.74, 6) is 0.127. The van der Waals surface area contributed by atoms with Gasteiger partial charge in [0.15, 0.2) is 0 Å². The number of rotatable bonds is 9. The van der Waals surface area contributed by atoms with Crippen molar-refractivity contribution in [2.75, 3.05) is 19.7 Å². The van der Waals surface area contributed by atoms with E-state index in [-0.39, 0.29) is 42.1 Å². The zero-order valence-electron chi connectivity index (χ0n) is 27.4. The smallest absolute Gasteiger partial charge is 0.243 e. The molecule has 5 rings (SSSR count). The molecule has 2 aliphatic rings. The molecule has 46 heavy (non-hydrogen) atoms. The van der Waals surface area contributed by atoms with Crippen LogP contribution in [0.2, 0.25) is 0 Å². The van der Waals surface area contributed by atoms with Crippen LogP contribution in [-0.4, -0.2) is 67.5 Å². The predicted octanol–water partition coefficient (Wildman–Crippen LogP) is 5.06. The molecule has 2 heterocycles. The number of aliphatic hydroxyl groups excluding tert-OH is 1. The van der Waals surface area contributed by atoms with E-state index in [4.69, 9.17) is 4.74 Å². The van der Waals surface area contributed by atoms with Crippen LogP contribution in [-0.2, 0) is 26.0 Å². The topological polar surface area (TPSA) is 125 Å². The van der Waals surface area contributed by atoms with Gasteiger partial charge in [0.05, 0.1) is 23.6 Å². The minimum absolute atomic E-state index is 0.151. The Balaban J connectivity index is 1.64. The molecule has 0 unspecified atom stereocenters. The van der Waals surface area contributed by atoms with Crippen LogP contribution in [0.25, 0.3) is 10.8 Å². The fourth-order valence-corrected chi connectivity index (χ4v) is 7.10. The second-order valence-corrected chi connectivity index (χ2v) is 15.0. The molecular weight excluding hydrogens is 602 g/mol. The number of nitrogens with one attached hydrogen (secondary N) is 2. The van der Waals surface area contributed by atoms with Gasteiger partial charge in [-0.15, -0.1) is 0 Å². The van der Waals surface area contributed by atoms with Gasteiger partial charge >= 0.3 is 0 Å². The van der Waals surface area contributed by atoms with Crippen molar-refractivity contribution in [1.82, 2.24) is 14.9 Å². The number of hydrogen-bond donors (Lipinski definition) is 3. The first-order valence-electron chi connectivity index (χ1n) is 16.4. The molecule has 0 fully saturated rings. The van der Waals surface area contributed by atoms with Crippen LogP contribution in [0.5, 0.6) is 5.75 Å². The van der Waals surface area contributed by atoms with Crippen molar-refractivity contribution >= 4 is 32.6 Å². The Morgan fingerprint density at radius 1 is 0.913 bits per heavy atom. The molecule has 0 aliphatic carbocycles. The Labute approximate surface area is 273 Å². The van der Waals surface area contributed by atoms with Crippen molar-refractivity contribution in [2.45, 2.75) is 89.3 Å². The van der Waals surface area contributed by atoms with Crippen molar-refractivity contribution in [3.63, 3.8) is 0 Å². The highest BCUT2D eigenvalue weighted by Gasteiger charge is 2.33. The van der Waals surface area contributed by atoms with Crippen LogP contribution in [0, 0.1) is 11.8 Å². The first kappa shape index (κ1) is 35.4. The molecule has 250 valence electrons. The molecule has 3 atom stereocenters. The zero-order chi connectivity index (χ0) is 33.3. The molecule has 3 N–H and O–H groups in total. The second-order valence-electron chi connectivity index (χ2n) is 13.0. The number of carbonyl (C=O) groups is 2. The Hall–Kier alpha value is -3.47. The summed E-state index contributed by atoms with van der Waals surface area (Å²) in [6, 6.07) is 18.5. The van der Waals surface area contributed by atoms with Gasteiger partial charge < -0.3 is 20.5 Å². The van der Waals surface area contributed by atoms with E-state index in [2.05, 4.69) is 10.6 Å². The van der Waals surface area contributed by atoms with E-state index in [1.165, 1.54) is 4.31 Å². The summed E-state index contributed by atoms with van der Waals surface area (Å²) in [6.45, 7) is 8.30. The summed E-state index contributed by atoms with van der Waals surface area (Å²) in [6.07, 6.45) is 2.22. The highest BCUT2D eigenvalue weighted by Crippen LogP contribution is 2.24. The minimum atomic E-state index is -3.99. The maximum Gasteiger partial charge on any atom is 0.243 e. The lowest BCUT2D eigenvalue weighted by Gasteiger charge is -2.32. The van der Waals surface area contributed by atoms with Crippen molar-refractivity contribution in [3.8, 4) is 5.75 Å². The second kappa shape index (κ2) is 16.4. The lowest BCUT2D eigenvalue weighted by Crippen LogP contribution is -2.56. The number of benzene rings is 3. The predicted molar refractivity (Wildman–Crippen MR) is 181 cm³/mol. The Morgan fingerprint density at radius 3 is 2.33 bits per heavy atom. The number of amides is 2. The van der Waals surface area contributed by atoms with Crippen molar-refractivity contribution in [1.29, 1.82) is 0 Å². The van der Waals surface area contributed by atoms with Gasteiger partial charge in [-0.25, -0.2) is 8.42 Å². The van der Waals surface area contributed by atoms with Gasteiger partial charge in [0.25, 0.3) is 0 Å². The molecule has 2 aliphatic heterocycles. The normalized spacial score (nSPS) is 19.6. The summed E-state index contributed by atoms with van der Waals surface area (Å²) in [7, 11) is -3.99. The molecule has 0 saturated heterocycles. The SMILES string of the molecule is CC(C)CCN(C[C@@H](O)[C@@H]1Cc2ccc(cc2)OCCCCCC(=O)N[C@@H](C(C)C)C(=O)N1)S(=O)(=O)c1ccc2ccccc2c1. The van der Waals surface area contributed by atoms with E-state index in [1.54, 1.807) is 18.2 Å². The van der Waals surface area contributed by atoms with Crippen molar-refractivity contribution in [2.24, 2.45) is 11.8 Å². The molecule has 9 nitrogen and oxygen atoms in total. The van der Waals surface area contributed by atoms with Gasteiger partial charge in [0.2, 0.25) is 21.8 Å². The first-order valence-corrected chi connectivity index (χ1v) is 17.9. The highest BCUT2D eigenvalue weighted by atomic mass is 32.2. The lowest BCUT2D eigenvalue weighted by molar-refractivity contribution is -0.131. The Kier molecular flexibility index (Phi) is 12.6. The third kappa shape index (κ3) is 9.77. The molecular formula is C36H49N3O6S. The van der Waals surface area contributed by atoms with Crippen molar-refractivity contribution < 1.29 is 27.9 Å². The maximum atomic E-state index is 14.1. The third-order valence-electron chi connectivity index (χ3n) is 8.46. The van der Waals surface area contributed by atoms with E-state index in [0.29, 0.717) is 31.6 Å². The number of ether oxygens (including phenoxy) is 1. The molecule has 2 amide bonds. The summed E-state index contributed by atoms with van der Waals surface area (Å²) < 4.78 is 35.3. The van der Waals surface area contributed by atoms with Gasteiger partial charge in [0, 0.05) is 19.5 Å². The van der Waals surface area contributed by atoms with Crippen molar-refractivity contribution in [3.05, 3.63) is 72.3 Å². The molecule has 0 spiro atoms. The number of sulfonamides is 1. The van der Waals surface area contributed by atoms with Gasteiger partial charge in [0.1, 0.15) is 11.8 Å². The molecule has 3 aromatic carbocycles. The van der Waals surface area contributed by atoms with E-state index in [1.807, 2.05) is 76.2 Å². The van der Waals surface area contributed by atoms with Crippen LogP contribution < -0.4 is 15.4 Å². The summed E-state index contributed by atoms with van der Waals surface area (Å²) in [5, 5.41) is 19.3. The molecule has 0 radical (unpaired) electrons. The monoisotopic (exact) mass is 651 g/mol. The molecule has 3 aromatic rings. The molecule has 10 heteroatoms. The van der Waals surface area contributed by atoms with Crippen LogP contribution in [0.1, 0.15) is 65.4 Å². The van der Waals surface area contributed by atoms with Crippen LogP contribution in [0.4, 0.5) is 0 Å². The minimum Gasteiger partial charge on any atom is -0.494 e. The quantitative estimate of drug-likeness (QED) is 0.297. The fourth-order valence-electron chi connectivity index (χ4n) is 5.59. The summed E-state index contributed by atoms with van der Waals surface area (Å²) in [4.78, 5) is 26.6. The zero-order valence-corrected chi connectivity index (χ0v) is 28.3. The third-order valence-corrected chi connectivity index (χ3v) is 10.3. The van der Waals surface area contributed by atoms with Crippen LogP contribution in [0.15, 0.2) is 71.6 Å². The average molecular weight is 652 g/mol. The number of carbonyl (C=O) groups excluding carboxylic acids is 2. The van der Waals surface area contributed by atoms with Gasteiger partial charge in [-0.3, -0.25) is 9.59 Å². The van der Waals surface area contributed by atoms with Gasteiger partial charge in [-0.05, 0) is 84.5 Å². The number of nitrogens with zero attached hydrogens (tertiary/aromatic N) is 1. The Morgan fingerprint density at radius 2 is 1.63 bits per heavy atom. The first-order chi connectivity index (χ1) is 21.9. The van der Waals surface area contributed by atoms with Gasteiger partial charge in [-0.2, -0.15) is 4.31 Å². The number of hydrogen-bond acceptors (Lipinski definition) is 6. The number of fused-ring (bicyclic) bond motifs is 15.